The summed E-state index contributed by atoms with van der Waals surface area (Å²) in [6, 6.07) is 5.22. The fourth-order valence-corrected chi connectivity index (χ4v) is 1.55. The molecule has 2 N–H and O–H groups in total. The normalized spacial score (nSPS) is 10.4. The van der Waals surface area contributed by atoms with Gasteiger partial charge in [0.2, 0.25) is 5.91 Å². The van der Waals surface area contributed by atoms with Crippen molar-refractivity contribution in [1.82, 2.24) is 4.90 Å². The zero-order valence-corrected chi connectivity index (χ0v) is 10.7. The van der Waals surface area contributed by atoms with Crippen LogP contribution in [0.2, 0.25) is 0 Å². The molecule has 2 amide bonds. The van der Waals surface area contributed by atoms with Crippen LogP contribution in [0.25, 0.3) is 0 Å². The molecule has 0 spiro atoms. The van der Waals surface area contributed by atoms with E-state index in [4.69, 9.17) is 5.73 Å². The SMILES string of the molecule is CC(C)c1ccc(C(=O)N(C)C)c(C(N)=O)c1. The van der Waals surface area contributed by atoms with Crippen LogP contribution in [0.4, 0.5) is 0 Å². The second-order valence-electron chi connectivity index (χ2n) is 4.52. The molecular formula is C13H18N2O2. The summed E-state index contributed by atoms with van der Waals surface area (Å²) in [5, 5.41) is 0. The molecule has 0 radical (unpaired) electrons. The van der Waals surface area contributed by atoms with Crippen molar-refractivity contribution < 1.29 is 9.59 Å². The molecule has 0 aliphatic carbocycles. The van der Waals surface area contributed by atoms with Crippen LogP contribution in [-0.4, -0.2) is 30.8 Å². The molecule has 0 aliphatic heterocycles. The van der Waals surface area contributed by atoms with Gasteiger partial charge in [0.05, 0.1) is 11.1 Å². The lowest BCUT2D eigenvalue weighted by molar-refractivity contribution is 0.0820. The van der Waals surface area contributed by atoms with Gasteiger partial charge in [-0.1, -0.05) is 19.9 Å². The van der Waals surface area contributed by atoms with Gasteiger partial charge in [-0.3, -0.25) is 9.59 Å². The van der Waals surface area contributed by atoms with Gasteiger partial charge in [-0.15, -0.1) is 0 Å². The molecule has 4 heteroatoms. The van der Waals surface area contributed by atoms with E-state index in [1.807, 2.05) is 19.9 Å². The van der Waals surface area contributed by atoms with Gasteiger partial charge in [0.1, 0.15) is 0 Å². The first-order valence-electron chi connectivity index (χ1n) is 5.50. The molecule has 0 heterocycles. The van der Waals surface area contributed by atoms with Gasteiger partial charge in [-0.2, -0.15) is 0 Å². The van der Waals surface area contributed by atoms with Gasteiger partial charge in [0, 0.05) is 14.1 Å². The van der Waals surface area contributed by atoms with Crippen molar-refractivity contribution in [1.29, 1.82) is 0 Å². The summed E-state index contributed by atoms with van der Waals surface area (Å²) in [5.41, 5.74) is 6.95. The van der Waals surface area contributed by atoms with E-state index >= 15 is 0 Å². The first-order chi connectivity index (χ1) is 7.84. The lowest BCUT2D eigenvalue weighted by atomic mass is 9.96. The Bertz CT molecular complexity index is 451. The Hall–Kier alpha value is -1.84. The Balaban J connectivity index is 3.32. The van der Waals surface area contributed by atoms with E-state index in [2.05, 4.69) is 0 Å². The van der Waals surface area contributed by atoms with Crippen molar-refractivity contribution in [3.8, 4) is 0 Å². The number of amides is 2. The first kappa shape index (κ1) is 13.2. The summed E-state index contributed by atoms with van der Waals surface area (Å²) in [6.45, 7) is 4.04. The fourth-order valence-electron chi connectivity index (χ4n) is 1.55. The highest BCUT2D eigenvalue weighted by Gasteiger charge is 2.17. The monoisotopic (exact) mass is 234 g/mol. The summed E-state index contributed by atoms with van der Waals surface area (Å²) in [4.78, 5) is 24.7. The standard InChI is InChI=1S/C13H18N2O2/c1-8(2)9-5-6-10(13(17)15(3)4)11(7-9)12(14)16/h5-8H,1-4H3,(H2,14,16). The summed E-state index contributed by atoms with van der Waals surface area (Å²) in [6.07, 6.45) is 0. The maximum Gasteiger partial charge on any atom is 0.254 e. The Morgan fingerprint density at radius 1 is 1.18 bits per heavy atom. The Kier molecular flexibility index (Phi) is 3.89. The predicted octanol–water partition coefficient (Wildman–Crippen LogP) is 1.61. The number of nitrogens with zero attached hydrogens (tertiary/aromatic N) is 1. The van der Waals surface area contributed by atoms with E-state index in [1.54, 1.807) is 26.2 Å². The maximum atomic E-state index is 11.9. The predicted molar refractivity (Wildman–Crippen MR) is 67.1 cm³/mol. The lowest BCUT2D eigenvalue weighted by Gasteiger charge is -2.14. The largest absolute Gasteiger partial charge is 0.366 e. The summed E-state index contributed by atoms with van der Waals surface area (Å²) >= 11 is 0. The number of primary amides is 1. The third-order valence-corrected chi connectivity index (χ3v) is 2.61. The minimum atomic E-state index is -0.572. The van der Waals surface area contributed by atoms with Crippen LogP contribution >= 0.6 is 0 Å². The van der Waals surface area contributed by atoms with E-state index in [1.165, 1.54) is 4.90 Å². The number of nitrogens with two attached hydrogens (primary N) is 1. The van der Waals surface area contributed by atoms with E-state index in [0.717, 1.165) is 5.56 Å². The number of hydrogen-bond donors (Lipinski definition) is 1. The summed E-state index contributed by atoms with van der Waals surface area (Å²) in [7, 11) is 3.28. The second-order valence-corrected chi connectivity index (χ2v) is 4.52. The quantitative estimate of drug-likeness (QED) is 0.863. The van der Waals surface area contributed by atoms with Crippen molar-refractivity contribution in [3.63, 3.8) is 0 Å². The summed E-state index contributed by atoms with van der Waals surface area (Å²) < 4.78 is 0. The highest BCUT2D eigenvalue weighted by Crippen LogP contribution is 2.19. The molecule has 1 aromatic rings. The molecular weight excluding hydrogens is 216 g/mol. The number of benzene rings is 1. The fraction of sp³-hybridized carbons (Fsp3) is 0.385. The van der Waals surface area contributed by atoms with Gasteiger partial charge in [-0.05, 0) is 23.6 Å². The van der Waals surface area contributed by atoms with Gasteiger partial charge in [0.15, 0.2) is 0 Å². The molecule has 0 saturated heterocycles. The third-order valence-electron chi connectivity index (χ3n) is 2.61. The minimum absolute atomic E-state index is 0.214. The molecule has 4 nitrogen and oxygen atoms in total. The van der Waals surface area contributed by atoms with E-state index < -0.39 is 5.91 Å². The van der Waals surface area contributed by atoms with E-state index in [9.17, 15) is 9.59 Å². The van der Waals surface area contributed by atoms with E-state index in [-0.39, 0.29) is 17.4 Å². The van der Waals surface area contributed by atoms with Crippen molar-refractivity contribution >= 4 is 11.8 Å². The Labute approximate surface area is 101 Å². The molecule has 0 bridgehead atoms. The minimum Gasteiger partial charge on any atom is -0.366 e. The summed E-state index contributed by atoms with van der Waals surface area (Å²) in [5.74, 6) is -0.497. The van der Waals surface area contributed by atoms with Gasteiger partial charge in [0.25, 0.3) is 5.91 Å². The van der Waals surface area contributed by atoms with Crippen LogP contribution in [0.1, 0.15) is 46.0 Å². The molecule has 1 aromatic carbocycles. The second kappa shape index (κ2) is 4.99. The molecule has 0 fully saturated rings. The average molecular weight is 234 g/mol. The maximum absolute atomic E-state index is 11.9. The Morgan fingerprint density at radius 3 is 2.18 bits per heavy atom. The Morgan fingerprint density at radius 2 is 1.76 bits per heavy atom. The van der Waals surface area contributed by atoms with Crippen LogP contribution in [0.15, 0.2) is 18.2 Å². The topological polar surface area (TPSA) is 63.4 Å². The van der Waals surface area contributed by atoms with Crippen molar-refractivity contribution in [3.05, 3.63) is 34.9 Å². The zero-order chi connectivity index (χ0) is 13.2. The first-order valence-corrected chi connectivity index (χ1v) is 5.50. The zero-order valence-electron chi connectivity index (χ0n) is 10.7. The van der Waals surface area contributed by atoms with Crippen molar-refractivity contribution in [2.45, 2.75) is 19.8 Å². The highest BCUT2D eigenvalue weighted by atomic mass is 16.2. The van der Waals surface area contributed by atoms with Crippen molar-refractivity contribution in [2.24, 2.45) is 5.73 Å². The number of carbonyl (C=O) groups is 2. The van der Waals surface area contributed by atoms with Crippen LogP contribution < -0.4 is 5.73 Å². The molecule has 0 aliphatic rings. The van der Waals surface area contributed by atoms with Crippen LogP contribution in [0.5, 0.6) is 0 Å². The third kappa shape index (κ3) is 2.84. The van der Waals surface area contributed by atoms with Crippen LogP contribution in [-0.2, 0) is 0 Å². The molecule has 1 rings (SSSR count). The molecule has 0 aromatic heterocycles. The molecule has 0 unspecified atom stereocenters. The lowest BCUT2D eigenvalue weighted by Crippen LogP contribution is -2.26. The van der Waals surface area contributed by atoms with Crippen molar-refractivity contribution in [2.75, 3.05) is 14.1 Å². The number of carbonyl (C=O) groups excluding carboxylic acids is 2. The molecule has 92 valence electrons. The van der Waals surface area contributed by atoms with Gasteiger partial charge >= 0.3 is 0 Å². The van der Waals surface area contributed by atoms with Gasteiger partial charge in [-0.25, -0.2) is 0 Å². The highest BCUT2D eigenvalue weighted by molar-refractivity contribution is 6.06. The average Bonchev–Trinajstić information content (AvgIpc) is 2.26. The van der Waals surface area contributed by atoms with E-state index in [0.29, 0.717) is 5.56 Å². The smallest absolute Gasteiger partial charge is 0.254 e. The molecule has 17 heavy (non-hydrogen) atoms. The number of hydrogen-bond acceptors (Lipinski definition) is 2. The van der Waals surface area contributed by atoms with Gasteiger partial charge < -0.3 is 10.6 Å². The number of rotatable bonds is 3. The van der Waals surface area contributed by atoms with Crippen LogP contribution in [0, 0.1) is 0 Å². The van der Waals surface area contributed by atoms with Crippen LogP contribution in [0.3, 0.4) is 0 Å². The molecule has 0 saturated carbocycles. The molecule has 0 atom stereocenters.